The Bertz CT molecular complexity index is 296. The van der Waals surface area contributed by atoms with Gasteiger partial charge >= 0.3 is 0 Å². The molecule has 0 saturated heterocycles. The van der Waals surface area contributed by atoms with Gasteiger partial charge in [0, 0.05) is 13.7 Å². The van der Waals surface area contributed by atoms with Gasteiger partial charge in [0.1, 0.15) is 0 Å². The molecule has 3 nitrogen and oxygen atoms in total. The van der Waals surface area contributed by atoms with E-state index < -0.39 is 0 Å². The van der Waals surface area contributed by atoms with Crippen LogP contribution in [-0.2, 0) is 4.74 Å². The van der Waals surface area contributed by atoms with Crippen molar-refractivity contribution < 1.29 is 9.94 Å². The number of hydrogen-bond donors (Lipinski definition) is 1. The highest BCUT2D eigenvalue weighted by atomic mass is 16.5. The fraction of sp³-hybridized carbons (Fsp3) is 0.417. The van der Waals surface area contributed by atoms with Gasteiger partial charge in [-0.05, 0) is 24.8 Å². The number of hydrogen-bond acceptors (Lipinski definition) is 3. The van der Waals surface area contributed by atoms with Gasteiger partial charge in [0.15, 0.2) is 0 Å². The lowest BCUT2D eigenvalue weighted by molar-refractivity contribution is 0.193. The van der Waals surface area contributed by atoms with Crippen molar-refractivity contribution in [2.45, 2.75) is 19.3 Å². The van der Waals surface area contributed by atoms with Crippen molar-refractivity contribution in [3.05, 3.63) is 35.9 Å². The third-order valence-electron chi connectivity index (χ3n) is 2.24. The maximum atomic E-state index is 8.89. The molecule has 0 saturated carbocycles. The molecule has 1 aromatic rings. The highest BCUT2D eigenvalue weighted by molar-refractivity contribution is 6.00. The maximum absolute atomic E-state index is 8.89. The first kappa shape index (κ1) is 11.7. The molecule has 1 N–H and O–H groups in total. The molecule has 0 fully saturated rings. The lowest BCUT2D eigenvalue weighted by Crippen LogP contribution is -2.01. The van der Waals surface area contributed by atoms with Crippen LogP contribution in [-0.4, -0.2) is 24.6 Å². The van der Waals surface area contributed by atoms with Gasteiger partial charge in [-0.2, -0.15) is 0 Å². The summed E-state index contributed by atoms with van der Waals surface area (Å²) in [7, 11) is 1.69. The number of unbranched alkanes of at least 4 members (excludes halogenated alkanes) is 1. The van der Waals surface area contributed by atoms with E-state index in [1.807, 2.05) is 30.3 Å². The third kappa shape index (κ3) is 4.13. The van der Waals surface area contributed by atoms with Crippen LogP contribution < -0.4 is 0 Å². The van der Waals surface area contributed by atoms with Crippen molar-refractivity contribution >= 4 is 5.71 Å². The summed E-state index contributed by atoms with van der Waals surface area (Å²) in [6.07, 6.45) is 2.74. The van der Waals surface area contributed by atoms with Gasteiger partial charge in [-0.1, -0.05) is 35.5 Å². The fourth-order valence-corrected chi connectivity index (χ4v) is 1.42. The first-order valence-electron chi connectivity index (χ1n) is 5.13. The van der Waals surface area contributed by atoms with Crippen LogP contribution in [0.25, 0.3) is 0 Å². The lowest BCUT2D eigenvalue weighted by Gasteiger charge is -2.04. The zero-order valence-electron chi connectivity index (χ0n) is 9.02. The van der Waals surface area contributed by atoms with Crippen LogP contribution in [0.2, 0.25) is 0 Å². The number of oxime groups is 1. The smallest absolute Gasteiger partial charge is 0.0867 e. The van der Waals surface area contributed by atoms with Crippen molar-refractivity contribution in [3.63, 3.8) is 0 Å². The first-order valence-corrected chi connectivity index (χ1v) is 5.13. The van der Waals surface area contributed by atoms with Gasteiger partial charge < -0.3 is 9.94 Å². The molecule has 0 spiro atoms. The maximum Gasteiger partial charge on any atom is 0.0867 e. The Labute approximate surface area is 90.4 Å². The van der Waals surface area contributed by atoms with E-state index in [1.54, 1.807) is 7.11 Å². The number of ether oxygens (including phenoxy) is 1. The normalized spacial score (nSPS) is 11.7. The van der Waals surface area contributed by atoms with Gasteiger partial charge in [-0.15, -0.1) is 0 Å². The molecule has 0 unspecified atom stereocenters. The minimum Gasteiger partial charge on any atom is -0.411 e. The first-order chi connectivity index (χ1) is 7.38. The van der Waals surface area contributed by atoms with Gasteiger partial charge in [-0.3, -0.25) is 0 Å². The Morgan fingerprint density at radius 3 is 2.60 bits per heavy atom. The second-order valence-electron chi connectivity index (χ2n) is 3.36. The molecule has 0 aliphatic carbocycles. The van der Waals surface area contributed by atoms with Gasteiger partial charge in [0.2, 0.25) is 0 Å². The Balaban J connectivity index is 2.44. The molecule has 1 rings (SSSR count). The second-order valence-corrected chi connectivity index (χ2v) is 3.36. The van der Waals surface area contributed by atoms with E-state index in [4.69, 9.17) is 9.94 Å². The summed E-state index contributed by atoms with van der Waals surface area (Å²) in [4.78, 5) is 0. The molecule has 3 heteroatoms. The average Bonchev–Trinajstić information content (AvgIpc) is 2.30. The molecule has 0 bridgehead atoms. The minimum atomic E-state index is 0.742. The molecule has 0 aromatic heterocycles. The summed E-state index contributed by atoms with van der Waals surface area (Å²) in [5, 5.41) is 12.2. The third-order valence-corrected chi connectivity index (χ3v) is 2.24. The molecule has 0 amide bonds. The van der Waals surface area contributed by atoms with Crippen LogP contribution in [0.4, 0.5) is 0 Å². The number of benzene rings is 1. The Kier molecular flexibility index (Phi) is 5.48. The molecule has 0 aliphatic rings. The van der Waals surface area contributed by atoms with E-state index >= 15 is 0 Å². The highest BCUT2D eigenvalue weighted by Gasteiger charge is 2.02. The predicted octanol–water partition coefficient (Wildman–Crippen LogP) is 2.68. The van der Waals surface area contributed by atoms with E-state index in [9.17, 15) is 0 Å². The average molecular weight is 207 g/mol. The van der Waals surface area contributed by atoms with Gasteiger partial charge in [0.25, 0.3) is 0 Å². The van der Waals surface area contributed by atoms with Gasteiger partial charge in [-0.25, -0.2) is 0 Å². The van der Waals surface area contributed by atoms with Crippen LogP contribution in [0.1, 0.15) is 24.8 Å². The molecular weight excluding hydrogens is 190 g/mol. The van der Waals surface area contributed by atoms with Crippen LogP contribution in [0.3, 0.4) is 0 Å². The standard InChI is InChI=1S/C12H17NO2/c1-15-10-6-5-9-12(13-14)11-7-3-2-4-8-11/h2-4,7-8,14H,5-6,9-10H2,1H3. The summed E-state index contributed by atoms with van der Waals surface area (Å²) in [6, 6.07) is 9.73. The van der Waals surface area contributed by atoms with E-state index in [0.29, 0.717) is 0 Å². The summed E-state index contributed by atoms with van der Waals surface area (Å²) in [6.45, 7) is 0.757. The van der Waals surface area contributed by atoms with Crippen molar-refractivity contribution in [3.8, 4) is 0 Å². The van der Waals surface area contributed by atoms with Crippen molar-refractivity contribution in [2.75, 3.05) is 13.7 Å². The molecule has 0 aliphatic heterocycles. The highest BCUT2D eigenvalue weighted by Crippen LogP contribution is 2.07. The van der Waals surface area contributed by atoms with E-state index in [-0.39, 0.29) is 0 Å². The molecular formula is C12H17NO2. The Hall–Kier alpha value is -1.35. The molecule has 15 heavy (non-hydrogen) atoms. The van der Waals surface area contributed by atoms with Crippen LogP contribution in [0, 0.1) is 0 Å². The monoisotopic (exact) mass is 207 g/mol. The van der Waals surface area contributed by atoms with Crippen molar-refractivity contribution in [1.29, 1.82) is 0 Å². The lowest BCUT2D eigenvalue weighted by atomic mass is 10.1. The van der Waals surface area contributed by atoms with Gasteiger partial charge in [0.05, 0.1) is 5.71 Å². The number of methoxy groups -OCH3 is 1. The Morgan fingerprint density at radius 2 is 2.00 bits per heavy atom. The van der Waals surface area contributed by atoms with E-state index in [1.165, 1.54) is 0 Å². The van der Waals surface area contributed by atoms with E-state index in [0.717, 1.165) is 37.1 Å². The van der Waals surface area contributed by atoms with Crippen LogP contribution in [0.5, 0.6) is 0 Å². The zero-order valence-corrected chi connectivity index (χ0v) is 9.02. The molecule has 0 radical (unpaired) electrons. The van der Waals surface area contributed by atoms with Crippen LogP contribution >= 0.6 is 0 Å². The molecule has 82 valence electrons. The minimum absolute atomic E-state index is 0.742. The van der Waals surface area contributed by atoms with Crippen molar-refractivity contribution in [1.82, 2.24) is 0 Å². The SMILES string of the molecule is COCCCCC(=NO)c1ccccc1. The summed E-state index contributed by atoms with van der Waals surface area (Å²) < 4.78 is 4.96. The summed E-state index contributed by atoms with van der Waals surface area (Å²) in [5.74, 6) is 0. The second kappa shape index (κ2) is 7.01. The predicted molar refractivity (Wildman–Crippen MR) is 60.5 cm³/mol. The summed E-state index contributed by atoms with van der Waals surface area (Å²) in [5.41, 5.74) is 1.73. The largest absolute Gasteiger partial charge is 0.411 e. The molecule has 0 atom stereocenters. The zero-order chi connectivity index (χ0) is 10.9. The topological polar surface area (TPSA) is 41.8 Å². The fourth-order valence-electron chi connectivity index (χ4n) is 1.42. The quantitative estimate of drug-likeness (QED) is 0.337. The van der Waals surface area contributed by atoms with Crippen LogP contribution in [0.15, 0.2) is 35.5 Å². The van der Waals surface area contributed by atoms with E-state index in [2.05, 4.69) is 5.16 Å². The van der Waals surface area contributed by atoms with Crippen molar-refractivity contribution in [2.24, 2.45) is 5.16 Å². The Morgan fingerprint density at radius 1 is 1.27 bits per heavy atom. The molecule has 0 heterocycles. The summed E-state index contributed by atoms with van der Waals surface area (Å²) >= 11 is 0. The molecule has 1 aromatic carbocycles. The number of rotatable bonds is 6. The number of nitrogens with zero attached hydrogens (tertiary/aromatic N) is 1.